The van der Waals surface area contributed by atoms with E-state index in [1.807, 2.05) is 48.5 Å². The number of para-hydroxylation sites is 1. The number of ether oxygens (including phenoxy) is 1. The third-order valence-electron chi connectivity index (χ3n) is 3.99. The van der Waals surface area contributed by atoms with Gasteiger partial charge in [-0.25, -0.2) is 0 Å². The van der Waals surface area contributed by atoms with Crippen LogP contribution in [0.15, 0.2) is 54.6 Å². The van der Waals surface area contributed by atoms with Crippen molar-refractivity contribution in [2.75, 3.05) is 19.0 Å². The Balaban J connectivity index is 1.93. The minimum Gasteiger partial charge on any atom is -0.381 e. The summed E-state index contributed by atoms with van der Waals surface area (Å²) in [5, 5.41) is 14.6. The molecule has 0 fully saturated rings. The predicted molar refractivity (Wildman–Crippen MR) is 79.8 cm³/mol. The second kappa shape index (κ2) is 5.27. The van der Waals surface area contributed by atoms with Gasteiger partial charge < -0.3 is 15.2 Å². The second-order valence-electron chi connectivity index (χ2n) is 5.28. The number of hydrogen-bond acceptors (Lipinski definition) is 3. The molecule has 2 aromatic rings. The largest absolute Gasteiger partial charge is 0.381 e. The SMILES string of the molecule is COCC(O)(c1ccccc1)C1Cc2ccccc2N1. The van der Waals surface area contributed by atoms with Crippen LogP contribution in [-0.4, -0.2) is 24.9 Å². The average Bonchev–Trinajstić information content (AvgIpc) is 2.93. The third kappa shape index (κ3) is 2.19. The first kappa shape index (κ1) is 13.2. The van der Waals surface area contributed by atoms with E-state index in [9.17, 15) is 5.11 Å². The lowest BCUT2D eigenvalue weighted by molar-refractivity contribution is -0.0485. The van der Waals surface area contributed by atoms with Crippen LogP contribution < -0.4 is 5.32 Å². The fourth-order valence-corrected chi connectivity index (χ4v) is 2.92. The Morgan fingerprint density at radius 2 is 1.85 bits per heavy atom. The molecule has 3 rings (SSSR count). The number of aliphatic hydroxyl groups is 1. The minimum atomic E-state index is -1.03. The maximum absolute atomic E-state index is 11.2. The summed E-state index contributed by atoms with van der Waals surface area (Å²) in [4.78, 5) is 0. The zero-order valence-corrected chi connectivity index (χ0v) is 11.5. The first-order valence-corrected chi connectivity index (χ1v) is 6.85. The molecular formula is C17H19NO2. The van der Waals surface area contributed by atoms with Crippen LogP contribution in [0.25, 0.3) is 0 Å². The molecule has 0 saturated carbocycles. The van der Waals surface area contributed by atoms with Crippen molar-refractivity contribution >= 4 is 5.69 Å². The quantitative estimate of drug-likeness (QED) is 0.896. The zero-order valence-electron chi connectivity index (χ0n) is 11.5. The highest BCUT2D eigenvalue weighted by Crippen LogP contribution is 2.36. The number of hydrogen-bond donors (Lipinski definition) is 2. The molecule has 0 saturated heterocycles. The molecule has 20 heavy (non-hydrogen) atoms. The molecule has 3 nitrogen and oxygen atoms in total. The molecule has 2 atom stereocenters. The van der Waals surface area contributed by atoms with Gasteiger partial charge in [0.2, 0.25) is 0 Å². The number of nitrogens with one attached hydrogen (secondary N) is 1. The van der Waals surface area contributed by atoms with E-state index >= 15 is 0 Å². The second-order valence-corrected chi connectivity index (χ2v) is 5.28. The molecule has 3 heteroatoms. The summed E-state index contributed by atoms with van der Waals surface area (Å²) in [7, 11) is 1.62. The van der Waals surface area contributed by atoms with Gasteiger partial charge in [0.1, 0.15) is 5.60 Å². The van der Waals surface area contributed by atoms with Crippen molar-refractivity contribution in [1.82, 2.24) is 0 Å². The Labute approximate surface area is 119 Å². The molecule has 0 aromatic heterocycles. The van der Waals surface area contributed by atoms with Gasteiger partial charge in [0.05, 0.1) is 12.6 Å². The molecule has 0 amide bonds. The van der Waals surface area contributed by atoms with E-state index in [4.69, 9.17) is 4.74 Å². The fraction of sp³-hybridized carbons (Fsp3) is 0.294. The summed E-state index contributed by atoms with van der Waals surface area (Å²) < 4.78 is 5.28. The molecule has 1 aliphatic rings. The van der Waals surface area contributed by atoms with E-state index in [1.54, 1.807) is 7.11 Å². The van der Waals surface area contributed by atoms with Gasteiger partial charge in [-0.1, -0.05) is 48.5 Å². The van der Waals surface area contributed by atoms with Gasteiger partial charge in [0.15, 0.2) is 0 Å². The number of fused-ring (bicyclic) bond motifs is 1. The Bertz CT molecular complexity index is 560. The van der Waals surface area contributed by atoms with E-state index < -0.39 is 5.60 Å². The van der Waals surface area contributed by atoms with Crippen molar-refractivity contribution < 1.29 is 9.84 Å². The van der Waals surface area contributed by atoms with E-state index in [2.05, 4.69) is 11.4 Å². The average molecular weight is 269 g/mol. The van der Waals surface area contributed by atoms with Crippen molar-refractivity contribution in [2.45, 2.75) is 18.1 Å². The van der Waals surface area contributed by atoms with E-state index in [1.165, 1.54) is 5.56 Å². The summed E-state index contributed by atoms with van der Waals surface area (Å²) in [6.07, 6.45) is 0.797. The standard InChI is InChI=1S/C17H19NO2/c1-20-12-17(19,14-8-3-2-4-9-14)16-11-13-7-5-6-10-15(13)18-16/h2-10,16,18-19H,11-12H2,1H3. The van der Waals surface area contributed by atoms with Gasteiger partial charge in [-0.2, -0.15) is 0 Å². The van der Waals surface area contributed by atoms with Crippen LogP contribution in [-0.2, 0) is 16.8 Å². The van der Waals surface area contributed by atoms with E-state index in [0.717, 1.165) is 17.7 Å². The van der Waals surface area contributed by atoms with Crippen LogP contribution in [0, 0.1) is 0 Å². The van der Waals surface area contributed by atoms with E-state index in [-0.39, 0.29) is 12.6 Å². The Kier molecular flexibility index (Phi) is 3.47. The van der Waals surface area contributed by atoms with Crippen LogP contribution >= 0.6 is 0 Å². The number of methoxy groups -OCH3 is 1. The summed E-state index contributed by atoms with van der Waals surface area (Å²) in [5.74, 6) is 0. The van der Waals surface area contributed by atoms with Gasteiger partial charge in [-0.05, 0) is 23.6 Å². The Hall–Kier alpha value is -1.84. The highest BCUT2D eigenvalue weighted by Gasteiger charge is 2.41. The van der Waals surface area contributed by atoms with Crippen LogP contribution in [0.1, 0.15) is 11.1 Å². The maximum Gasteiger partial charge on any atom is 0.133 e. The number of rotatable bonds is 4. The Morgan fingerprint density at radius 3 is 2.55 bits per heavy atom. The van der Waals surface area contributed by atoms with Crippen molar-refractivity contribution in [3.8, 4) is 0 Å². The van der Waals surface area contributed by atoms with Crippen LogP contribution in [0.2, 0.25) is 0 Å². The van der Waals surface area contributed by atoms with Gasteiger partial charge in [0.25, 0.3) is 0 Å². The molecule has 0 radical (unpaired) electrons. The van der Waals surface area contributed by atoms with Crippen LogP contribution in [0.4, 0.5) is 5.69 Å². The van der Waals surface area contributed by atoms with Crippen molar-refractivity contribution in [3.05, 3.63) is 65.7 Å². The zero-order chi connectivity index (χ0) is 14.0. The lowest BCUT2D eigenvalue weighted by atomic mass is 9.85. The molecule has 0 spiro atoms. The molecule has 2 N–H and O–H groups in total. The van der Waals surface area contributed by atoms with Gasteiger partial charge in [0, 0.05) is 12.8 Å². The van der Waals surface area contributed by atoms with Crippen molar-refractivity contribution in [2.24, 2.45) is 0 Å². The molecule has 2 unspecified atom stereocenters. The summed E-state index contributed by atoms with van der Waals surface area (Å²) in [6.45, 7) is 0.267. The lowest BCUT2D eigenvalue weighted by Gasteiger charge is -2.34. The molecule has 1 aliphatic heterocycles. The molecular weight excluding hydrogens is 250 g/mol. The number of benzene rings is 2. The molecule has 0 bridgehead atoms. The van der Waals surface area contributed by atoms with Crippen molar-refractivity contribution in [1.29, 1.82) is 0 Å². The highest BCUT2D eigenvalue weighted by molar-refractivity contribution is 5.58. The third-order valence-corrected chi connectivity index (χ3v) is 3.99. The first-order chi connectivity index (χ1) is 9.74. The molecule has 1 heterocycles. The summed E-state index contributed by atoms with van der Waals surface area (Å²) in [6, 6.07) is 17.8. The molecule has 104 valence electrons. The smallest absolute Gasteiger partial charge is 0.133 e. The normalized spacial score (nSPS) is 20.0. The minimum absolute atomic E-state index is 0.0813. The maximum atomic E-state index is 11.2. The molecule has 0 aliphatic carbocycles. The summed E-state index contributed by atoms with van der Waals surface area (Å²) in [5.41, 5.74) is 2.19. The van der Waals surface area contributed by atoms with Crippen molar-refractivity contribution in [3.63, 3.8) is 0 Å². The summed E-state index contributed by atoms with van der Waals surface area (Å²) >= 11 is 0. The Morgan fingerprint density at radius 1 is 1.15 bits per heavy atom. The van der Waals surface area contributed by atoms with E-state index in [0.29, 0.717) is 0 Å². The van der Waals surface area contributed by atoms with Gasteiger partial charge >= 0.3 is 0 Å². The fourth-order valence-electron chi connectivity index (χ4n) is 2.92. The van der Waals surface area contributed by atoms with Crippen LogP contribution in [0.3, 0.4) is 0 Å². The monoisotopic (exact) mass is 269 g/mol. The lowest BCUT2D eigenvalue weighted by Crippen LogP contribution is -2.47. The number of anilines is 1. The first-order valence-electron chi connectivity index (χ1n) is 6.85. The van der Waals surface area contributed by atoms with Gasteiger partial charge in [-0.3, -0.25) is 0 Å². The molecule has 2 aromatic carbocycles. The topological polar surface area (TPSA) is 41.5 Å². The van der Waals surface area contributed by atoms with Gasteiger partial charge in [-0.15, -0.1) is 0 Å². The highest BCUT2D eigenvalue weighted by atomic mass is 16.5. The van der Waals surface area contributed by atoms with Crippen LogP contribution in [0.5, 0.6) is 0 Å². The predicted octanol–water partition coefficient (Wildman–Crippen LogP) is 2.56.